The first-order valence-electron chi connectivity index (χ1n) is 5.75. The normalized spacial score (nSPS) is 10.2. The molecule has 5 heteroatoms. The topological polar surface area (TPSA) is 39.2 Å². The van der Waals surface area contributed by atoms with Gasteiger partial charge in [-0.3, -0.25) is 0 Å². The highest BCUT2D eigenvalue weighted by Gasteiger charge is 2.07. The molecule has 98 valence electrons. The Morgan fingerprint density at radius 3 is 2.84 bits per heavy atom. The van der Waals surface area contributed by atoms with Crippen molar-refractivity contribution in [2.45, 2.75) is 16.8 Å². The van der Waals surface area contributed by atoms with Gasteiger partial charge in [0, 0.05) is 15.6 Å². The maximum atomic E-state index is 11.5. The van der Waals surface area contributed by atoms with Crippen molar-refractivity contribution < 1.29 is 9.53 Å². The number of hydrogen-bond donors (Lipinski definition) is 0. The van der Waals surface area contributed by atoms with Gasteiger partial charge in [-0.25, -0.2) is 9.78 Å². The second kappa shape index (κ2) is 6.73. The molecule has 0 bridgehead atoms. The summed E-state index contributed by atoms with van der Waals surface area (Å²) < 4.78 is 5.94. The minimum atomic E-state index is -0.339. The summed E-state index contributed by atoms with van der Waals surface area (Å²) in [5, 5.41) is 0.839. The van der Waals surface area contributed by atoms with Gasteiger partial charge in [0.15, 0.2) is 0 Å². The Morgan fingerprint density at radius 2 is 2.21 bits per heavy atom. The molecule has 0 aliphatic rings. The zero-order chi connectivity index (χ0) is 13.7. The number of carbonyl (C=O) groups excluding carboxylic acids is 1. The Balaban J connectivity index is 2.08. The van der Waals surface area contributed by atoms with Crippen LogP contribution < -0.4 is 0 Å². The Hall–Kier alpha value is -1.33. The lowest BCUT2D eigenvalue weighted by atomic mass is 10.3. The molecule has 0 N–H and O–H groups in total. The minimum absolute atomic E-state index is 0.339. The van der Waals surface area contributed by atoms with Crippen LogP contribution in [0.25, 0.3) is 0 Å². The number of halogens is 1. The highest BCUT2D eigenvalue weighted by Crippen LogP contribution is 2.27. The van der Waals surface area contributed by atoms with E-state index in [1.807, 2.05) is 30.3 Å². The first-order valence-corrected chi connectivity index (χ1v) is 7.36. The van der Waals surface area contributed by atoms with Gasteiger partial charge in [0.2, 0.25) is 0 Å². The summed E-state index contributed by atoms with van der Waals surface area (Å²) in [6.07, 6.45) is 1.54. The number of pyridine rings is 1. The van der Waals surface area contributed by atoms with Gasteiger partial charge in [0.1, 0.15) is 5.03 Å². The second-order valence-electron chi connectivity index (χ2n) is 3.67. The third-order valence-corrected chi connectivity index (χ3v) is 3.70. The van der Waals surface area contributed by atoms with E-state index in [-0.39, 0.29) is 5.97 Å². The molecule has 0 spiro atoms. The van der Waals surface area contributed by atoms with E-state index in [1.54, 1.807) is 24.8 Å². The average molecular weight is 338 g/mol. The van der Waals surface area contributed by atoms with Crippen LogP contribution in [0.15, 0.2) is 57.0 Å². The third kappa shape index (κ3) is 4.08. The van der Waals surface area contributed by atoms with E-state index in [2.05, 4.69) is 20.9 Å². The molecular weight excluding hydrogens is 326 g/mol. The Bertz CT molecular complexity index is 572. The standard InChI is InChI=1S/C14H12BrNO2S/c1-2-18-14(17)10-6-7-13(16-9-10)19-12-5-3-4-11(15)8-12/h3-9H,2H2,1H3. The van der Waals surface area contributed by atoms with Gasteiger partial charge < -0.3 is 4.74 Å². The zero-order valence-electron chi connectivity index (χ0n) is 10.3. The number of rotatable bonds is 4. The Kier molecular flexibility index (Phi) is 4.99. The van der Waals surface area contributed by atoms with Crippen LogP contribution in [-0.2, 0) is 4.74 Å². The maximum absolute atomic E-state index is 11.5. The van der Waals surface area contributed by atoms with Crippen LogP contribution >= 0.6 is 27.7 Å². The molecule has 0 aliphatic carbocycles. The van der Waals surface area contributed by atoms with E-state index in [0.29, 0.717) is 12.2 Å². The van der Waals surface area contributed by atoms with Crippen LogP contribution in [0.5, 0.6) is 0 Å². The molecule has 0 fully saturated rings. The molecule has 1 aromatic heterocycles. The monoisotopic (exact) mass is 337 g/mol. The first-order chi connectivity index (χ1) is 9.19. The smallest absolute Gasteiger partial charge is 0.339 e. The fourth-order valence-corrected chi connectivity index (χ4v) is 2.79. The summed E-state index contributed by atoms with van der Waals surface area (Å²) in [6.45, 7) is 2.15. The molecule has 2 aromatic rings. The van der Waals surface area contributed by atoms with Crippen LogP contribution in [0.2, 0.25) is 0 Å². The van der Waals surface area contributed by atoms with Crippen LogP contribution in [0.4, 0.5) is 0 Å². The van der Waals surface area contributed by atoms with Gasteiger partial charge in [0.25, 0.3) is 0 Å². The number of nitrogens with zero attached hydrogens (tertiary/aromatic N) is 1. The lowest BCUT2D eigenvalue weighted by Gasteiger charge is -2.03. The van der Waals surface area contributed by atoms with E-state index in [0.717, 1.165) is 14.4 Å². The number of esters is 1. The van der Waals surface area contributed by atoms with Crippen molar-refractivity contribution in [3.8, 4) is 0 Å². The molecule has 0 saturated heterocycles. The van der Waals surface area contributed by atoms with Crippen molar-refractivity contribution in [1.82, 2.24) is 4.98 Å². The van der Waals surface area contributed by atoms with Crippen molar-refractivity contribution in [3.63, 3.8) is 0 Å². The molecule has 0 saturated carbocycles. The highest BCUT2D eigenvalue weighted by molar-refractivity contribution is 9.10. The van der Waals surface area contributed by atoms with E-state index in [9.17, 15) is 4.79 Å². The largest absolute Gasteiger partial charge is 0.462 e. The Morgan fingerprint density at radius 1 is 1.37 bits per heavy atom. The number of carbonyl (C=O) groups is 1. The summed E-state index contributed by atoms with van der Waals surface area (Å²) >= 11 is 4.97. The molecular formula is C14H12BrNO2S. The van der Waals surface area contributed by atoms with Gasteiger partial charge in [-0.05, 0) is 37.3 Å². The van der Waals surface area contributed by atoms with Crippen molar-refractivity contribution in [2.75, 3.05) is 6.61 Å². The molecule has 1 heterocycles. The lowest BCUT2D eigenvalue weighted by Crippen LogP contribution is -2.04. The molecule has 1 aromatic carbocycles. The van der Waals surface area contributed by atoms with E-state index >= 15 is 0 Å². The quantitative estimate of drug-likeness (QED) is 0.785. The number of aromatic nitrogens is 1. The number of benzene rings is 1. The summed E-state index contributed by atoms with van der Waals surface area (Å²) in [5.41, 5.74) is 0.473. The molecule has 19 heavy (non-hydrogen) atoms. The molecule has 2 rings (SSSR count). The SMILES string of the molecule is CCOC(=O)c1ccc(Sc2cccc(Br)c2)nc1. The van der Waals surface area contributed by atoms with Gasteiger partial charge in [-0.1, -0.05) is 33.8 Å². The van der Waals surface area contributed by atoms with Crippen LogP contribution in [0.1, 0.15) is 17.3 Å². The Labute approximate surface area is 124 Å². The highest BCUT2D eigenvalue weighted by atomic mass is 79.9. The van der Waals surface area contributed by atoms with Crippen molar-refractivity contribution >= 4 is 33.7 Å². The summed E-state index contributed by atoms with van der Waals surface area (Å²) in [4.78, 5) is 16.8. The molecule has 3 nitrogen and oxygen atoms in total. The van der Waals surface area contributed by atoms with Crippen molar-refractivity contribution in [1.29, 1.82) is 0 Å². The minimum Gasteiger partial charge on any atom is -0.462 e. The van der Waals surface area contributed by atoms with Crippen molar-refractivity contribution in [3.05, 3.63) is 52.6 Å². The van der Waals surface area contributed by atoms with Crippen LogP contribution in [0.3, 0.4) is 0 Å². The molecule has 0 amide bonds. The van der Waals surface area contributed by atoms with E-state index < -0.39 is 0 Å². The van der Waals surface area contributed by atoms with E-state index in [1.165, 1.54) is 6.20 Å². The lowest BCUT2D eigenvalue weighted by molar-refractivity contribution is 0.0525. The predicted octanol–water partition coefficient (Wildman–Crippen LogP) is 4.17. The van der Waals surface area contributed by atoms with Gasteiger partial charge in [-0.2, -0.15) is 0 Å². The van der Waals surface area contributed by atoms with Gasteiger partial charge >= 0.3 is 5.97 Å². The van der Waals surface area contributed by atoms with Crippen LogP contribution in [-0.4, -0.2) is 17.6 Å². The maximum Gasteiger partial charge on any atom is 0.339 e. The molecule has 0 unspecified atom stereocenters. The number of hydrogen-bond acceptors (Lipinski definition) is 4. The fourth-order valence-electron chi connectivity index (χ4n) is 1.43. The average Bonchev–Trinajstić information content (AvgIpc) is 2.40. The number of ether oxygens (including phenoxy) is 1. The van der Waals surface area contributed by atoms with Gasteiger partial charge in [0.05, 0.1) is 12.2 Å². The molecule has 0 aliphatic heterocycles. The van der Waals surface area contributed by atoms with E-state index in [4.69, 9.17) is 4.74 Å². The predicted molar refractivity (Wildman–Crippen MR) is 78.5 cm³/mol. The fraction of sp³-hybridized carbons (Fsp3) is 0.143. The van der Waals surface area contributed by atoms with Gasteiger partial charge in [-0.15, -0.1) is 0 Å². The van der Waals surface area contributed by atoms with Crippen LogP contribution in [0, 0.1) is 0 Å². The summed E-state index contributed by atoms with van der Waals surface area (Å²) in [5.74, 6) is -0.339. The first kappa shape index (κ1) is 14.1. The summed E-state index contributed by atoms with van der Waals surface area (Å²) in [7, 11) is 0. The molecule has 0 atom stereocenters. The summed E-state index contributed by atoms with van der Waals surface area (Å²) in [6, 6.07) is 11.5. The molecule has 0 radical (unpaired) electrons. The van der Waals surface area contributed by atoms with Crippen molar-refractivity contribution in [2.24, 2.45) is 0 Å². The second-order valence-corrected chi connectivity index (χ2v) is 5.67. The zero-order valence-corrected chi connectivity index (χ0v) is 12.7. The third-order valence-electron chi connectivity index (χ3n) is 2.27.